The lowest BCUT2D eigenvalue weighted by atomic mass is 10.1. The van der Waals surface area contributed by atoms with E-state index in [9.17, 15) is 4.39 Å². The number of alkyl halides is 1. The maximum atomic E-state index is 13.6. The topological polar surface area (TPSA) is 49.6 Å². The normalized spacial score (nSPS) is 12.1. The van der Waals surface area contributed by atoms with Crippen molar-refractivity contribution in [2.75, 3.05) is 5.33 Å². The van der Waals surface area contributed by atoms with Gasteiger partial charge < -0.3 is 0 Å². The summed E-state index contributed by atoms with van der Waals surface area (Å²) in [5.41, 5.74) is 0.535. The minimum absolute atomic E-state index is 0.177. The van der Waals surface area contributed by atoms with Gasteiger partial charge in [-0.3, -0.25) is 0 Å². The van der Waals surface area contributed by atoms with E-state index in [4.69, 9.17) is 5.26 Å². The van der Waals surface area contributed by atoms with Crippen molar-refractivity contribution >= 4 is 15.9 Å². The van der Waals surface area contributed by atoms with Gasteiger partial charge in [0.05, 0.1) is 17.5 Å². The summed E-state index contributed by atoms with van der Waals surface area (Å²) >= 11 is 3.14. The number of nitrogens with zero attached hydrogens (tertiary/aromatic N) is 3. The van der Waals surface area contributed by atoms with Crippen LogP contribution in [0.2, 0.25) is 0 Å². The van der Waals surface area contributed by atoms with Crippen LogP contribution in [0.25, 0.3) is 0 Å². The lowest BCUT2D eigenvalue weighted by Crippen LogP contribution is -2.07. The number of hydrogen-bond acceptors (Lipinski definition) is 3. The quantitative estimate of drug-likeness (QED) is 0.781. The lowest BCUT2D eigenvalue weighted by Gasteiger charge is -2.07. The smallest absolute Gasteiger partial charge is 0.167 e. The van der Waals surface area contributed by atoms with Crippen LogP contribution in [0.3, 0.4) is 0 Å². The van der Waals surface area contributed by atoms with Crippen LogP contribution < -0.4 is 0 Å². The number of aromatic nitrogens is 2. The Morgan fingerprint density at radius 2 is 2.36 bits per heavy atom. The van der Waals surface area contributed by atoms with Crippen molar-refractivity contribution in [2.24, 2.45) is 0 Å². The molecule has 1 unspecified atom stereocenters. The van der Waals surface area contributed by atoms with E-state index in [1.54, 1.807) is 0 Å². The summed E-state index contributed by atoms with van der Waals surface area (Å²) < 4.78 is 13.6. The van der Waals surface area contributed by atoms with Crippen molar-refractivity contribution in [3.05, 3.63) is 23.5 Å². The molecule has 0 aliphatic carbocycles. The molecule has 0 saturated carbocycles. The average molecular weight is 258 g/mol. The summed E-state index contributed by atoms with van der Waals surface area (Å²) in [4.78, 5) is 7.59. The highest BCUT2D eigenvalue weighted by Crippen LogP contribution is 2.19. The summed E-state index contributed by atoms with van der Waals surface area (Å²) in [6, 6.07) is 1.98. The average Bonchev–Trinajstić information content (AvgIpc) is 2.22. The summed E-state index contributed by atoms with van der Waals surface area (Å²) in [5, 5.41) is 9.14. The minimum Gasteiger partial charge on any atom is -0.238 e. The van der Waals surface area contributed by atoms with Crippen LogP contribution in [-0.4, -0.2) is 15.3 Å². The Hall–Kier alpha value is -1.02. The molecule has 3 nitrogen and oxygen atoms in total. The van der Waals surface area contributed by atoms with E-state index in [0.717, 1.165) is 0 Å². The highest BCUT2D eigenvalue weighted by Gasteiger charge is 2.18. The van der Waals surface area contributed by atoms with E-state index in [2.05, 4.69) is 25.9 Å². The fraction of sp³-hybridized carbons (Fsp3) is 0.444. The second kappa shape index (κ2) is 5.01. The summed E-state index contributed by atoms with van der Waals surface area (Å²) in [5.74, 6) is -1.01. The van der Waals surface area contributed by atoms with Crippen molar-refractivity contribution < 1.29 is 4.39 Å². The highest BCUT2D eigenvalue weighted by molar-refractivity contribution is 9.09. The Kier molecular flexibility index (Phi) is 3.96. The van der Waals surface area contributed by atoms with Gasteiger partial charge in [0.15, 0.2) is 5.82 Å². The molecule has 0 aliphatic heterocycles. The molecule has 1 rings (SSSR count). The largest absolute Gasteiger partial charge is 0.238 e. The monoisotopic (exact) mass is 257 g/mol. The van der Waals surface area contributed by atoms with Crippen LogP contribution in [-0.2, 0) is 6.42 Å². The molecule has 0 radical (unpaired) electrons. The van der Waals surface area contributed by atoms with Crippen molar-refractivity contribution in [2.45, 2.75) is 19.3 Å². The fourth-order valence-electron chi connectivity index (χ4n) is 1.08. The molecule has 0 fully saturated rings. The molecule has 0 aliphatic rings. The van der Waals surface area contributed by atoms with Crippen molar-refractivity contribution in [3.63, 3.8) is 0 Å². The van der Waals surface area contributed by atoms with Gasteiger partial charge >= 0.3 is 0 Å². The van der Waals surface area contributed by atoms with E-state index in [1.165, 1.54) is 6.33 Å². The molecule has 0 N–H and O–H groups in total. The van der Waals surface area contributed by atoms with Crippen molar-refractivity contribution in [1.29, 1.82) is 5.26 Å². The zero-order valence-corrected chi connectivity index (χ0v) is 9.25. The molecule has 1 atom stereocenters. The standard InChI is InChI=1S/C9H9BrFN3/c1-2-7-8(11)9(14-5-13-7)6(3-10)4-12/h5-6H,2-3H2,1H3. The van der Waals surface area contributed by atoms with Gasteiger partial charge in [-0.2, -0.15) is 5.26 Å². The van der Waals surface area contributed by atoms with Gasteiger partial charge in [-0.05, 0) is 6.42 Å². The molecule has 0 bridgehead atoms. The Bertz CT molecular complexity index is 362. The second-order valence-electron chi connectivity index (χ2n) is 2.71. The summed E-state index contributed by atoms with van der Waals surface area (Å²) in [6.07, 6.45) is 1.80. The summed E-state index contributed by atoms with van der Waals surface area (Å²) in [7, 11) is 0. The molecule has 74 valence electrons. The molecule has 0 spiro atoms. The first-order valence-electron chi connectivity index (χ1n) is 4.19. The fourth-order valence-corrected chi connectivity index (χ4v) is 1.53. The predicted octanol–water partition coefficient (Wildman–Crippen LogP) is 2.18. The van der Waals surface area contributed by atoms with Crippen LogP contribution in [0.5, 0.6) is 0 Å². The third kappa shape index (κ3) is 2.07. The van der Waals surface area contributed by atoms with E-state index < -0.39 is 11.7 Å². The van der Waals surface area contributed by atoms with Crippen LogP contribution in [0.1, 0.15) is 24.2 Å². The first-order valence-corrected chi connectivity index (χ1v) is 5.31. The highest BCUT2D eigenvalue weighted by atomic mass is 79.9. The van der Waals surface area contributed by atoms with E-state index in [0.29, 0.717) is 17.4 Å². The molecule has 5 heteroatoms. The molecular formula is C9H9BrFN3. The first kappa shape index (κ1) is 11.1. The lowest BCUT2D eigenvalue weighted by molar-refractivity contribution is 0.568. The predicted molar refractivity (Wildman–Crippen MR) is 53.5 cm³/mol. The Labute approximate surface area is 90.1 Å². The second-order valence-corrected chi connectivity index (χ2v) is 3.36. The molecule has 1 aromatic rings. The maximum absolute atomic E-state index is 13.6. The Balaban J connectivity index is 3.15. The number of halogens is 2. The Morgan fingerprint density at radius 1 is 1.64 bits per heavy atom. The molecule has 0 aromatic carbocycles. The van der Waals surface area contributed by atoms with Crippen LogP contribution in [0.4, 0.5) is 4.39 Å². The molecule has 1 heterocycles. The summed E-state index contributed by atoms with van der Waals surface area (Å²) in [6.45, 7) is 1.81. The maximum Gasteiger partial charge on any atom is 0.167 e. The molecule has 0 saturated heterocycles. The van der Waals surface area contributed by atoms with Gasteiger partial charge in [0.2, 0.25) is 0 Å². The van der Waals surface area contributed by atoms with Crippen molar-refractivity contribution in [1.82, 2.24) is 9.97 Å². The SMILES string of the molecule is CCc1ncnc(C(C#N)CBr)c1F. The van der Waals surface area contributed by atoms with Crippen LogP contribution in [0, 0.1) is 17.1 Å². The molecule has 14 heavy (non-hydrogen) atoms. The zero-order valence-electron chi connectivity index (χ0n) is 7.67. The third-order valence-electron chi connectivity index (χ3n) is 1.86. The van der Waals surface area contributed by atoms with E-state index in [-0.39, 0.29) is 5.69 Å². The van der Waals surface area contributed by atoms with Gasteiger partial charge in [0.1, 0.15) is 12.2 Å². The third-order valence-corrected chi connectivity index (χ3v) is 2.51. The number of hydrogen-bond donors (Lipinski definition) is 0. The molecule has 0 amide bonds. The van der Waals surface area contributed by atoms with Gasteiger partial charge in [-0.1, -0.05) is 22.9 Å². The van der Waals surface area contributed by atoms with Gasteiger partial charge in [-0.25, -0.2) is 14.4 Å². The van der Waals surface area contributed by atoms with Crippen LogP contribution in [0.15, 0.2) is 6.33 Å². The zero-order chi connectivity index (χ0) is 10.6. The van der Waals surface area contributed by atoms with E-state index >= 15 is 0 Å². The van der Waals surface area contributed by atoms with Gasteiger partial charge in [-0.15, -0.1) is 0 Å². The van der Waals surface area contributed by atoms with E-state index in [1.807, 2.05) is 13.0 Å². The van der Waals surface area contributed by atoms with Crippen molar-refractivity contribution in [3.8, 4) is 6.07 Å². The van der Waals surface area contributed by atoms with Gasteiger partial charge in [0, 0.05) is 5.33 Å². The number of aryl methyl sites for hydroxylation is 1. The molecular weight excluding hydrogens is 249 g/mol. The minimum atomic E-state index is -0.553. The molecule has 1 aromatic heterocycles. The number of rotatable bonds is 3. The van der Waals surface area contributed by atoms with Crippen LogP contribution >= 0.6 is 15.9 Å². The van der Waals surface area contributed by atoms with Gasteiger partial charge in [0.25, 0.3) is 0 Å². The Morgan fingerprint density at radius 3 is 2.86 bits per heavy atom. The number of nitriles is 1. The first-order chi connectivity index (χ1) is 6.74.